The lowest BCUT2D eigenvalue weighted by molar-refractivity contribution is -0.118. The predicted molar refractivity (Wildman–Crippen MR) is 74.6 cm³/mol. The van der Waals surface area contributed by atoms with Gasteiger partial charge in [0.2, 0.25) is 0 Å². The van der Waals surface area contributed by atoms with Crippen LogP contribution >= 0.6 is 11.8 Å². The lowest BCUT2D eigenvalue weighted by Gasteiger charge is -2.19. The third-order valence-corrected chi connectivity index (χ3v) is 4.14. The number of carbonyl (C=O) groups excluding carboxylic acids is 1. The summed E-state index contributed by atoms with van der Waals surface area (Å²) < 4.78 is 0. The molecule has 0 aliphatic heterocycles. The molecule has 1 rings (SSSR count). The molecule has 19 heavy (non-hydrogen) atoms. The third kappa shape index (κ3) is 4.69. The highest BCUT2D eigenvalue weighted by atomic mass is 32.2. The van der Waals surface area contributed by atoms with Gasteiger partial charge in [0, 0.05) is 4.90 Å². The Bertz CT molecular complexity index is 441. The van der Waals surface area contributed by atoms with Crippen molar-refractivity contribution < 1.29 is 19.8 Å². The molecule has 4 nitrogen and oxygen atoms in total. The summed E-state index contributed by atoms with van der Waals surface area (Å²) in [4.78, 5) is 23.1. The fourth-order valence-electron chi connectivity index (χ4n) is 1.70. The Hall–Kier alpha value is -1.33. The molecule has 5 heteroatoms. The lowest BCUT2D eigenvalue weighted by atomic mass is 10.1. The first-order valence-corrected chi connectivity index (χ1v) is 7.02. The molecule has 1 aromatic carbocycles. The molecule has 0 aliphatic carbocycles. The number of hydrogen-bond acceptors (Lipinski definition) is 4. The van der Waals surface area contributed by atoms with Crippen LogP contribution in [0.5, 0.6) is 0 Å². The van der Waals surface area contributed by atoms with Crippen molar-refractivity contribution in [3.8, 4) is 0 Å². The summed E-state index contributed by atoms with van der Waals surface area (Å²) in [5.41, 5.74) is 0.206. The van der Waals surface area contributed by atoms with Gasteiger partial charge in [0.15, 0.2) is 0 Å². The van der Waals surface area contributed by atoms with Crippen LogP contribution in [0.1, 0.15) is 37.0 Å². The molecule has 0 aliphatic rings. The summed E-state index contributed by atoms with van der Waals surface area (Å²) in [6.07, 6.45) is 0.708. The highest BCUT2D eigenvalue weighted by Crippen LogP contribution is 2.28. The van der Waals surface area contributed by atoms with Crippen molar-refractivity contribution in [1.29, 1.82) is 0 Å². The molecule has 0 aromatic heterocycles. The zero-order chi connectivity index (χ0) is 14.4. The first-order chi connectivity index (χ1) is 8.95. The zero-order valence-corrected chi connectivity index (χ0v) is 11.8. The molecule has 0 bridgehead atoms. The van der Waals surface area contributed by atoms with E-state index >= 15 is 0 Å². The maximum atomic E-state index is 11.6. The van der Waals surface area contributed by atoms with Gasteiger partial charge in [-0.25, -0.2) is 4.79 Å². The van der Waals surface area contributed by atoms with Crippen molar-refractivity contribution in [2.75, 3.05) is 0 Å². The molecule has 104 valence electrons. The van der Waals surface area contributed by atoms with E-state index in [4.69, 9.17) is 5.11 Å². The number of ketones is 1. The van der Waals surface area contributed by atoms with Gasteiger partial charge in [-0.1, -0.05) is 13.3 Å². The van der Waals surface area contributed by atoms with E-state index in [0.717, 1.165) is 11.3 Å². The maximum absolute atomic E-state index is 11.6. The summed E-state index contributed by atoms with van der Waals surface area (Å²) in [5.74, 6) is -1.06. The highest BCUT2D eigenvalue weighted by Gasteiger charge is 2.24. The number of thioether (sulfide) groups is 1. The van der Waals surface area contributed by atoms with Gasteiger partial charge in [0.25, 0.3) is 0 Å². The molecular weight excluding hydrogens is 264 g/mol. The van der Waals surface area contributed by atoms with Crippen molar-refractivity contribution in [1.82, 2.24) is 0 Å². The Balaban J connectivity index is 2.79. The van der Waals surface area contributed by atoms with Crippen LogP contribution in [0, 0.1) is 0 Å². The Morgan fingerprint density at radius 2 is 1.84 bits per heavy atom. The number of hydrogen-bond donors (Lipinski definition) is 2. The van der Waals surface area contributed by atoms with Gasteiger partial charge in [-0.15, -0.1) is 11.8 Å². The summed E-state index contributed by atoms with van der Waals surface area (Å²) in [5, 5.41) is 18.2. The van der Waals surface area contributed by atoms with Crippen molar-refractivity contribution in [3.05, 3.63) is 29.8 Å². The van der Waals surface area contributed by atoms with Crippen LogP contribution in [-0.4, -0.2) is 33.3 Å². The molecule has 0 heterocycles. The zero-order valence-electron chi connectivity index (χ0n) is 11.0. The Kier molecular flexibility index (Phi) is 6.05. The van der Waals surface area contributed by atoms with E-state index < -0.39 is 17.3 Å². The predicted octanol–water partition coefficient (Wildman–Crippen LogP) is 2.60. The van der Waals surface area contributed by atoms with Crippen LogP contribution in [0.2, 0.25) is 0 Å². The van der Waals surface area contributed by atoms with Crippen molar-refractivity contribution in [2.24, 2.45) is 0 Å². The van der Waals surface area contributed by atoms with Crippen LogP contribution in [0.3, 0.4) is 0 Å². The van der Waals surface area contributed by atoms with E-state index in [2.05, 4.69) is 0 Å². The van der Waals surface area contributed by atoms with Gasteiger partial charge < -0.3 is 10.2 Å². The Labute approximate surface area is 116 Å². The van der Waals surface area contributed by atoms with Gasteiger partial charge >= 0.3 is 5.97 Å². The molecule has 0 saturated heterocycles. The lowest BCUT2D eigenvalue weighted by Crippen LogP contribution is -2.29. The summed E-state index contributed by atoms with van der Waals surface area (Å²) in [6, 6.07) is 6.30. The molecule has 0 spiro atoms. The second kappa shape index (κ2) is 7.31. The molecule has 2 N–H and O–H groups in total. The van der Waals surface area contributed by atoms with Crippen molar-refractivity contribution in [2.45, 2.75) is 42.9 Å². The van der Waals surface area contributed by atoms with E-state index in [1.807, 2.05) is 6.92 Å². The summed E-state index contributed by atoms with van der Waals surface area (Å²) in [6.45, 7) is 3.41. The van der Waals surface area contributed by atoms with E-state index in [9.17, 15) is 14.7 Å². The first kappa shape index (κ1) is 15.7. The topological polar surface area (TPSA) is 74.6 Å². The average molecular weight is 282 g/mol. The Morgan fingerprint density at radius 3 is 2.26 bits per heavy atom. The molecule has 2 atom stereocenters. The Morgan fingerprint density at radius 1 is 1.26 bits per heavy atom. The third-order valence-electron chi connectivity index (χ3n) is 2.70. The highest BCUT2D eigenvalue weighted by molar-refractivity contribution is 8.00. The fourth-order valence-corrected chi connectivity index (χ4v) is 2.75. The molecule has 0 radical (unpaired) electrons. The van der Waals surface area contributed by atoms with Crippen molar-refractivity contribution >= 4 is 23.5 Å². The number of carboxylic acids is 1. The number of carboxylic acid groups (broad SMARTS) is 1. The molecule has 0 unspecified atom stereocenters. The number of aromatic carboxylic acids is 1. The second-order valence-electron chi connectivity index (χ2n) is 4.33. The SMILES string of the molecule is CCC[C@@H](O)[C@@H](Sc1ccc(C(=O)O)cc1)C(C)=O. The fraction of sp³-hybridized carbons (Fsp3) is 0.429. The number of Topliss-reactive ketones (excluding diaryl/α,β-unsaturated/α-hetero) is 1. The quantitative estimate of drug-likeness (QED) is 0.752. The van der Waals surface area contributed by atoms with Crippen LogP contribution in [0.25, 0.3) is 0 Å². The van der Waals surface area contributed by atoms with Gasteiger partial charge in [0.05, 0.1) is 16.9 Å². The normalized spacial score (nSPS) is 13.8. The molecule has 0 fully saturated rings. The van der Waals surface area contributed by atoms with Crippen LogP contribution in [-0.2, 0) is 4.79 Å². The summed E-state index contributed by atoms with van der Waals surface area (Å²) in [7, 11) is 0. The standard InChI is InChI=1S/C14H18O4S/c1-3-4-12(16)13(9(2)15)19-11-7-5-10(6-8-11)14(17)18/h5-8,12-13,16H,3-4H2,1-2H3,(H,17,18)/t12-,13+/m1/s1. The van der Waals surface area contributed by atoms with E-state index in [-0.39, 0.29) is 11.3 Å². The van der Waals surface area contributed by atoms with Crippen LogP contribution in [0.15, 0.2) is 29.2 Å². The van der Waals surface area contributed by atoms with Gasteiger partial charge in [-0.05, 0) is 37.6 Å². The van der Waals surface area contributed by atoms with Gasteiger partial charge in [-0.2, -0.15) is 0 Å². The summed E-state index contributed by atoms with van der Waals surface area (Å²) >= 11 is 1.27. The van der Waals surface area contributed by atoms with E-state index in [1.54, 1.807) is 12.1 Å². The number of carbonyl (C=O) groups is 2. The minimum Gasteiger partial charge on any atom is -0.478 e. The minimum atomic E-state index is -0.981. The maximum Gasteiger partial charge on any atom is 0.335 e. The number of aliphatic hydroxyl groups is 1. The number of aliphatic hydroxyl groups excluding tert-OH is 1. The molecule has 0 saturated carbocycles. The largest absolute Gasteiger partial charge is 0.478 e. The van der Waals surface area contributed by atoms with Crippen LogP contribution < -0.4 is 0 Å². The first-order valence-electron chi connectivity index (χ1n) is 6.14. The minimum absolute atomic E-state index is 0.0757. The molecule has 1 aromatic rings. The smallest absolute Gasteiger partial charge is 0.335 e. The van der Waals surface area contributed by atoms with Gasteiger partial charge in [0.1, 0.15) is 5.78 Å². The number of rotatable bonds is 7. The molecular formula is C14H18O4S. The van der Waals surface area contributed by atoms with E-state index in [1.165, 1.54) is 30.8 Å². The van der Waals surface area contributed by atoms with Crippen molar-refractivity contribution in [3.63, 3.8) is 0 Å². The van der Waals surface area contributed by atoms with Crippen LogP contribution in [0.4, 0.5) is 0 Å². The van der Waals surface area contributed by atoms with E-state index in [0.29, 0.717) is 6.42 Å². The number of benzene rings is 1. The average Bonchev–Trinajstić information content (AvgIpc) is 2.36. The monoisotopic (exact) mass is 282 g/mol. The van der Waals surface area contributed by atoms with Gasteiger partial charge in [-0.3, -0.25) is 4.79 Å². The molecule has 0 amide bonds. The second-order valence-corrected chi connectivity index (χ2v) is 5.55.